The van der Waals surface area contributed by atoms with Gasteiger partial charge in [-0.2, -0.15) is 0 Å². The number of carbonyl (C=O) groups is 9. The molecule has 26 nitrogen and oxygen atoms in total. The molecule has 506 valence electrons. The number of nitrogens with one attached hydrogen (secondary N) is 4. The van der Waals surface area contributed by atoms with Gasteiger partial charge >= 0.3 is 25.8 Å². The average Bonchev–Trinajstić information content (AvgIpc) is 1.60. The molecule has 0 radical (unpaired) electrons. The SMILES string of the molecule is CC(=O)N[C@@H](CCCCN)C(=O)N[C@H](C(=O)N[C@@H](CCCNC(N)=O)C(=O)N(N)c1ccc(COC(=O)N(C)CCN(C)C(=O)Oc2cc3c(c4c(C)csc24)[C@H](CCl)CN3C(=O)CCCC(=O)N2C[C@@H](CCl)c3c2cc(OP(C)(=O)O)c2scc(C)c32)cc1)C(C)C. The van der Waals surface area contributed by atoms with Crippen molar-refractivity contribution in [1.82, 2.24) is 31.1 Å². The third-order valence-corrected chi connectivity index (χ3v) is 19.6. The van der Waals surface area contributed by atoms with Crippen molar-refractivity contribution in [2.45, 2.75) is 123 Å². The third kappa shape index (κ3) is 18.3. The van der Waals surface area contributed by atoms with Crippen molar-refractivity contribution in [3.8, 4) is 11.5 Å². The predicted molar refractivity (Wildman–Crippen MR) is 361 cm³/mol. The molecule has 2 aliphatic rings. The van der Waals surface area contributed by atoms with Crippen LogP contribution in [0.25, 0.3) is 20.2 Å². The fraction of sp³-hybridized carbons (Fsp3) is 0.500. The smallest absolute Gasteiger partial charge is 0.415 e. The Morgan fingerprint density at radius 3 is 1.81 bits per heavy atom. The number of hydrazine groups is 1. The lowest BCUT2D eigenvalue weighted by Gasteiger charge is -2.29. The number of nitrogens with two attached hydrogens (primary N) is 3. The molecular weight excluding hydrogens is 1300 g/mol. The Hall–Kier alpha value is -7.30. The first-order valence-electron chi connectivity index (χ1n) is 30.5. The molecule has 7 rings (SSSR count). The number of thiophene rings is 2. The molecule has 10 amide bonds. The van der Waals surface area contributed by atoms with Crippen molar-refractivity contribution in [2.75, 3.05) is 86.6 Å². The second kappa shape index (κ2) is 32.7. The van der Waals surface area contributed by atoms with E-state index < -0.39 is 73.5 Å². The van der Waals surface area contributed by atoms with E-state index in [0.717, 1.165) is 44.7 Å². The quantitative estimate of drug-likeness (QED) is 0.00544. The Balaban J connectivity index is 0.933. The molecule has 93 heavy (non-hydrogen) atoms. The number of rotatable bonds is 30. The van der Waals surface area contributed by atoms with Gasteiger partial charge in [-0.05, 0) is 116 Å². The van der Waals surface area contributed by atoms with E-state index in [-0.39, 0.29) is 124 Å². The maximum absolute atomic E-state index is 14.3. The van der Waals surface area contributed by atoms with Crippen LogP contribution in [-0.2, 0) is 44.7 Å². The molecule has 2 aliphatic heterocycles. The number of aryl methyl sites for hydroxylation is 2. The summed E-state index contributed by atoms with van der Waals surface area (Å²) < 4.78 is 31.0. The van der Waals surface area contributed by atoms with Gasteiger partial charge in [-0.15, -0.1) is 45.9 Å². The molecule has 0 saturated heterocycles. The number of benzene rings is 3. The number of anilines is 3. The number of unbranched alkanes of at least 4 members (excludes halogenated alkanes) is 1. The number of fused-ring (bicyclic) bond motifs is 6. The van der Waals surface area contributed by atoms with Crippen LogP contribution in [0.15, 0.2) is 47.2 Å². The van der Waals surface area contributed by atoms with Crippen molar-refractivity contribution in [3.63, 3.8) is 0 Å². The Labute approximate surface area is 557 Å². The lowest BCUT2D eigenvalue weighted by atomic mass is 9.97. The van der Waals surface area contributed by atoms with Crippen LogP contribution in [0.1, 0.15) is 112 Å². The number of primary amides is 1. The van der Waals surface area contributed by atoms with E-state index in [9.17, 15) is 52.6 Å². The summed E-state index contributed by atoms with van der Waals surface area (Å²) in [4.78, 5) is 136. The van der Waals surface area contributed by atoms with E-state index in [1.807, 2.05) is 24.6 Å². The fourth-order valence-electron chi connectivity index (χ4n) is 11.3. The molecule has 4 heterocycles. The normalized spacial score (nSPS) is 15.8. The van der Waals surface area contributed by atoms with Gasteiger partial charge in [0.15, 0.2) is 5.75 Å². The summed E-state index contributed by atoms with van der Waals surface area (Å²) >= 11 is 15.9. The monoisotopic (exact) mass is 1380 g/mol. The van der Waals surface area contributed by atoms with E-state index in [0.29, 0.717) is 52.3 Å². The van der Waals surface area contributed by atoms with Crippen molar-refractivity contribution < 1.29 is 66.6 Å². The van der Waals surface area contributed by atoms with Crippen molar-refractivity contribution >= 4 is 144 Å². The largest absolute Gasteiger partial charge is 0.445 e. The molecule has 6 atom stereocenters. The van der Waals surface area contributed by atoms with Crippen LogP contribution in [0.3, 0.4) is 0 Å². The number of nitrogens with zero attached hydrogens (tertiary/aromatic N) is 5. The lowest BCUT2D eigenvalue weighted by Crippen LogP contribution is -2.59. The van der Waals surface area contributed by atoms with Crippen LogP contribution in [-0.4, -0.2) is 158 Å². The number of alkyl halides is 2. The summed E-state index contributed by atoms with van der Waals surface area (Å²) in [7, 11) is -0.937. The van der Waals surface area contributed by atoms with Crippen LogP contribution in [0.4, 0.5) is 31.4 Å². The van der Waals surface area contributed by atoms with E-state index in [1.165, 1.54) is 65.6 Å². The number of urea groups is 1. The highest BCUT2D eigenvalue weighted by Crippen LogP contribution is 2.53. The average molecular weight is 1390 g/mol. The first kappa shape index (κ1) is 73.1. The van der Waals surface area contributed by atoms with Crippen molar-refractivity contribution in [2.24, 2.45) is 23.2 Å². The molecule has 0 bridgehead atoms. The molecule has 0 saturated carbocycles. The van der Waals surface area contributed by atoms with Crippen molar-refractivity contribution in [1.29, 1.82) is 0 Å². The Morgan fingerprint density at radius 1 is 0.753 bits per heavy atom. The number of amides is 10. The van der Waals surface area contributed by atoms with Gasteiger partial charge in [0.1, 0.15) is 30.5 Å². The second-order valence-electron chi connectivity index (χ2n) is 23.7. The first-order chi connectivity index (χ1) is 44.1. The van der Waals surface area contributed by atoms with Gasteiger partial charge in [-0.25, -0.2) is 29.8 Å². The van der Waals surface area contributed by atoms with E-state index >= 15 is 0 Å². The van der Waals surface area contributed by atoms with E-state index in [2.05, 4.69) is 21.3 Å². The molecule has 0 spiro atoms. The summed E-state index contributed by atoms with van der Waals surface area (Å²) in [5.41, 5.74) is 16.3. The van der Waals surface area contributed by atoms with Gasteiger partial charge in [0.25, 0.3) is 5.91 Å². The molecule has 0 fully saturated rings. The highest BCUT2D eigenvalue weighted by atomic mass is 35.5. The minimum absolute atomic E-state index is 0.0101. The van der Waals surface area contributed by atoms with Crippen LogP contribution in [0.5, 0.6) is 11.5 Å². The lowest BCUT2D eigenvalue weighted by molar-refractivity contribution is -0.134. The highest BCUT2D eigenvalue weighted by molar-refractivity contribution is 7.52. The van der Waals surface area contributed by atoms with E-state index in [1.54, 1.807) is 47.9 Å². The number of hydrogen-bond acceptors (Lipinski definition) is 17. The van der Waals surface area contributed by atoms with Crippen LogP contribution in [0.2, 0.25) is 0 Å². The summed E-state index contributed by atoms with van der Waals surface area (Å²) in [5, 5.41) is 16.9. The molecule has 1 unspecified atom stereocenters. The fourth-order valence-corrected chi connectivity index (χ4v) is 14.4. The molecule has 3 aromatic carbocycles. The molecule has 0 aliphatic carbocycles. The zero-order chi connectivity index (χ0) is 68.2. The maximum Gasteiger partial charge on any atom is 0.415 e. The van der Waals surface area contributed by atoms with Crippen LogP contribution in [0, 0.1) is 19.8 Å². The molecule has 31 heteroatoms. The number of carbonyl (C=O) groups excluding carboxylic acids is 9. The minimum atomic E-state index is -3.96. The topological polar surface area (TPSA) is 361 Å². The maximum atomic E-state index is 14.3. The highest BCUT2D eigenvalue weighted by Gasteiger charge is 2.39. The number of halogens is 2. The molecule has 2 aromatic heterocycles. The number of ether oxygens (including phenoxy) is 2. The standard InChI is InChI=1S/C62H83Cl2N12O14PS2/c1-34(2)54(71-57(80)42(69-37(5)77)13-9-10-21-65)58(81)70-43(14-12-22-68-60(66)83)59(82)76(67)41-19-17-38(18-20-41)31-88-61(84)72(6)23-24-73(7)62(85)89-46-25-44-52(50-35(3)32-92-55(46)50)39(27-63)29-74(44)48(78)15-11-16-49(79)75-30-40(28-64)53-45(75)26-47(90-91(8,86)87)56-51(53)36(4)33-93-56/h17-20,25-26,32-34,39-40,42-43,54H,9-16,21-24,27-31,65,67H2,1-8H3,(H,69,77)(H,70,81)(H,71,80)(H,86,87)(H3,66,68,83)/t39-,40-,42+,43+,54+/m1/s1. The minimum Gasteiger partial charge on any atom is -0.445 e. The van der Waals surface area contributed by atoms with Gasteiger partial charge in [0.2, 0.25) is 29.5 Å². The predicted octanol–water partition coefficient (Wildman–Crippen LogP) is 7.75. The number of hydrogen-bond donors (Lipinski definition) is 8. The zero-order valence-electron chi connectivity index (χ0n) is 53.3. The zero-order valence-corrected chi connectivity index (χ0v) is 57.4. The van der Waals surface area contributed by atoms with Crippen LogP contribution >= 0.6 is 53.5 Å². The Kier molecular flexibility index (Phi) is 25.7. The summed E-state index contributed by atoms with van der Waals surface area (Å²) in [5.74, 6) is 3.44. The van der Waals surface area contributed by atoms with Gasteiger partial charge in [0, 0.05) is 120 Å². The molecular formula is C62H83Cl2N12O14PS2. The third-order valence-electron chi connectivity index (χ3n) is 16.1. The van der Waals surface area contributed by atoms with Gasteiger partial charge in [-0.1, -0.05) is 26.0 Å². The van der Waals surface area contributed by atoms with Gasteiger partial charge in [-0.3, -0.25) is 28.8 Å². The van der Waals surface area contributed by atoms with Crippen LogP contribution < -0.4 is 62.6 Å². The molecule has 11 N–H and O–H groups in total. The summed E-state index contributed by atoms with van der Waals surface area (Å²) in [6, 6.07) is 5.45. The van der Waals surface area contributed by atoms with Gasteiger partial charge < -0.3 is 71.2 Å². The Bertz CT molecular complexity index is 3640. The number of likely N-dealkylation sites (N-methyl/N-ethyl adjacent to an activating group) is 2. The van der Waals surface area contributed by atoms with Gasteiger partial charge in [0.05, 0.1) is 26.5 Å². The molecule has 5 aromatic rings. The Morgan fingerprint density at radius 2 is 1.29 bits per heavy atom. The van der Waals surface area contributed by atoms with E-state index in [4.69, 9.17) is 54.5 Å². The first-order valence-corrected chi connectivity index (χ1v) is 35.3. The summed E-state index contributed by atoms with van der Waals surface area (Å²) in [6.07, 6.45) is 0.471. The summed E-state index contributed by atoms with van der Waals surface area (Å²) in [6.45, 7) is 10.6. The van der Waals surface area contributed by atoms with Crippen molar-refractivity contribution in [3.05, 3.63) is 75.0 Å². The second-order valence-corrected chi connectivity index (χ2v) is 27.9.